The number of carbonyl (C=O) groups is 3. The van der Waals surface area contributed by atoms with Crippen LogP contribution in [-0.4, -0.2) is 63.9 Å². The van der Waals surface area contributed by atoms with E-state index in [2.05, 4.69) is 19.1 Å². The Morgan fingerprint density at radius 3 is 1.04 bits per heavy atom. The molecule has 3 unspecified atom stereocenters. The molecule has 0 bridgehead atoms. The number of hydrogen-bond donors (Lipinski definition) is 3. The quantitative estimate of drug-likeness (QED) is 0.0375. The molecule has 7 nitrogen and oxygen atoms in total. The van der Waals surface area contributed by atoms with E-state index in [1.807, 2.05) is 20.8 Å². The van der Waals surface area contributed by atoms with E-state index >= 15 is 0 Å². The van der Waals surface area contributed by atoms with Crippen LogP contribution in [0.1, 0.15) is 169 Å². The SMILES string of the molecule is CCCCCCCCCCCCCC/C=C/CCCCCCC[N+](CC(CC)C(=O)O)(CC(CC)C(=O)O)CC(CC)C(=O)O. The van der Waals surface area contributed by atoms with Gasteiger partial charge in [0, 0.05) is 0 Å². The molecule has 0 aliphatic carbocycles. The molecular formula is C38H72NO6+. The number of rotatable bonds is 33. The van der Waals surface area contributed by atoms with Crippen molar-refractivity contribution < 1.29 is 34.2 Å². The van der Waals surface area contributed by atoms with E-state index in [-0.39, 0.29) is 24.1 Å². The summed E-state index contributed by atoms with van der Waals surface area (Å²) >= 11 is 0. The van der Waals surface area contributed by atoms with E-state index in [0.717, 1.165) is 38.5 Å². The van der Waals surface area contributed by atoms with Crippen molar-refractivity contribution in [3.8, 4) is 0 Å². The van der Waals surface area contributed by atoms with Crippen molar-refractivity contribution in [3.05, 3.63) is 12.2 Å². The van der Waals surface area contributed by atoms with E-state index in [4.69, 9.17) is 0 Å². The van der Waals surface area contributed by atoms with Crippen LogP contribution in [0.2, 0.25) is 0 Å². The normalized spacial score (nSPS) is 15.1. The molecule has 0 aliphatic rings. The Labute approximate surface area is 276 Å². The highest BCUT2D eigenvalue weighted by molar-refractivity contribution is 5.71. The Kier molecular flexibility index (Phi) is 27.2. The molecule has 3 N–H and O–H groups in total. The lowest BCUT2D eigenvalue weighted by Gasteiger charge is -2.43. The average molecular weight is 639 g/mol. The van der Waals surface area contributed by atoms with Gasteiger partial charge in [0.05, 0.1) is 26.2 Å². The van der Waals surface area contributed by atoms with Crippen LogP contribution >= 0.6 is 0 Å². The average Bonchev–Trinajstić information content (AvgIpc) is 3.01. The van der Waals surface area contributed by atoms with Gasteiger partial charge in [-0.2, -0.15) is 0 Å². The zero-order valence-corrected chi connectivity index (χ0v) is 29.8. The number of hydrogen-bond acceptors (Lipinski definition) is 3. The lowest BCUT2D eigenvalue weighted by Crippen LogP contribution is -2.58. The molecule has 0 aliphatic heterocycles. The van der Waals surface area contributed by atoms with Crippen molar-refractivity contribution in [1.29, 1.82) is 0 Å². The number of nitrogens with zero attached hydrogens (tertiary/aromatic N) is 1. The third kappa shape index (κ3) is 22.3. The van der Waals surface area contributed by atoms with E-state index in [0.29, 0.717) is 25.8 Å². The van der Waals surface area contributed by atoms with Crippen molar-refractivity contribution in [3.63, 3.8) is 0 Å². The zero-order chi connectivity index (χ0) is 33.8. The molecule has 0 aromatic rings. The molecule has 0 saturated carbocycles. The van der Waals surface area contributed by atoms with Crippen molar-refractivity contribution in [2.75, 3.05) is 26.2 Å². The summed E-state index contributed by atoms with van der Waals surface area (Å²) in [6.07, 6.45) is 30.0. The van der Waals surface area contributed by atoms with Gasteiger partial charge in [0.1, 0.15) is 17.8 Å². The van der Waals surface area contributed by atoms with Crippen molar-refractivity contribution in [2.45, 2.75) is 169 Å². The highest BCUT2D eigenvalue weighted by atomic mass is 16.4. The number of carboxylic acids is 3. The van der Waals surface area contributed by atoms with E-state index in [1.165, 1.54) is 83.5 Å². The summed E-state index contributed by atoms with van der Waals surface area (Å²) in [5.74, 6) is -4.53. The summed E-state index contributed by atoms with van der Waals surface area (Å²) in [5.41, 5.74) is 0. The summed E-state index contributed by atoms with van der Waals surface area (Å²) in [4.78, 5) is 36.0. The second-order valence-corrected chi connectivity index (χ2v) is 13.6. The third-order valence-corrected chi connectivity index (χ3v) is 9.74. The van der Waals surface area contributed by atoms with Crippen LogP contribution in [0, 0.1) is 17.8 Å². The first-order valence-corrected chi connectivity index (χ1v) is 18.8. The van der Waals surface area contributed by atoms with Gasteiger partial charge < -0.3 is 19.8 Å². The molecule has 0 fully saturated rings. The molecule has 0 rings (SSSR count). The zero-order valence-electron chi connectivity index (χ0n) is 29.8. The minimum Gasteiger partial charge on any atom is -0.481 e. The minimum atomic E-state index is -0.890. The number of aliphatic carboxylic acids is 3. The van der Waals surface area contributed by atoms with Gasteiger partial charge in [-0.3, -0.25) is 14.4 Å². The second-order valence-electron chi connectivity index (χ2n) is 13.6. The van der Waals surface area contributed by atoms with Gasteiger partial charge in [-0.25, -0.2) is 0 Å². The van der Waals surface area contributed by atoms with Gasteiger partial charge in [-0.1, -0.05) is 123 Å². The number of allylic oxidation sites excluding steroid dienone is 2. The van der Waals surface area contributed by atoms with Crippen LogP contribution < -0.4 is 0 Å². The maximum absolute atomic E-state index is 12.0. The summed E-state index contributed by atoms with van der Waals surface area (Å²) in [7, 11) is 0. The standard InChI is InChI=1S/C38H71NO6/c1-5-9-10-11-12-13-14-15-16-17-18-19-20-21-22-23-24-25-26-27-28-29-39(30-33(6-2)36(40)41,31-34(7-3)37(42)43)32-35(8-4)38(44)45/h21-22,33-35H,5-20,23-32H2,1-4H3,(H2-,40,41,42,43,44,45)/p+1/b22-21+. The van der Waals surface area contributed by atoms with Crippen LogP contribution in [0.15, 0.2) is 12.2 Å². The highest BCUT2D eigenvalue weighted by Gasteiger charge is 2.40. The molecule has 0 amide bonds. The molecule has 7 heteroatoms. The first kappa shape index (κ1) is 43.1. The van der Waals surface area contributed by atoms with Crippen LogP contribution in [0.3, 0.4) is 0 Å². The Morgan fingerprint density at radius 1 is 0.467 bits per heavy atom. The Morgan fingerprint density at radius 2 is 0.756 bits per heavy atom. The van der Waals surface area contributed by atoms with E-state index < -0.39 is 35.7 Å². The van der Waals surface area contributed by atoms with Crippen molar-refractivity contribution >= 4 is 17.9 Å². The van der Waals surface area contributed by atoms with Crippen LogP contribution in [0.25, 0.3) is 0 Å². The van der Waals surface area contributed by atoms with Crippen molar-refractivity contribution in [1.82, 2.24) is 0 Å². The van der Waals surface area contributed by atoms with Gasteiger partial charge in [-0.05, 0) is 57.8 Å². The first-order chi connectivity index (χ1) is 21.7. The molecular weight excluding hydrogens is 566 g/mol. The number of quaternary nitrogens is 1. The molecule has 0 aromatic heterocycles. The fourth-order valence-electron chi connectivity index (χ4n) is 6.62. The predicted octanol–water partition coefficient (Wildman–Crippen LogP) is 10.1. The van der Waals surface area contributed by atoms with Crippen LogP contribution in [-0.2, 0) is 14.4 Å². The molecule has 264 valence electrons. The molecule has 0 saturated heterocycles. The summed E-state index contributed by atoms with van der Waals surface area (Å²) < 4.78 is 0.252. The lowest BCUT2D eigenvalue weighted by atomic mass is 9.95. The first-order valence-electron chi connectivity index (χ1n) is 18.8. The minimum absolute atomic E-state index is 0.252. The fraction of sp³-hybridized carbons (Fsp3) is 0.868. The molecule has 45 heavy (non-hydrogen) atoms. The van der Waals surface area contributed by atoms with Gasteiger partial charge in [0.25, 0.3) is 0 Å². The molecule has 0 heterocycles. The predicted molar refractivity (Wildman–Crippen MR) is 187 cm³/mol. The number of carboxylic acid groups (broad SMARTS) is 3. The summed E-state index contributed by atoms with van der Waals surface area (Å²) in [6, 6.07) is 0. The maximum atomic E-state index is 12.0. The summed E-state index contributed by atoms with van der Waals surface area (Å²) in [6.45, 7) is 9.25. The molecule has 3 atom stereocenters. The molecule has 0 radical (unpaired) electrons. The van der Waals surface area contributed by atoms with Crippen LogP contribution in [0.5, 0.6) is 0 Å². The maximum Gasteiger partial charge on any atom is 0.312 e. The van der Waals surface area contributed by atoms with E-state index in [9.17, 15) is 29.7 Å². The monoisotopic (exact) mass is 639 g/mol. The third-order valence-electron chi connectivity index (χ3n) is 9.74. The Hall–Kier alpha value is -1.89. The molecule has 0 spiro atoms. The largest absolute Gasteiger partial charge is 0.481 e. The van der Waals surface area contributed by atoms with Crippen molar-refractivity contribution in [2.24, 2.45) is 17.8 Å². The van der Waals surface area contributed by atoms with Crippen LogP contribution in [0.4, 0.5) is 0 Å². The summed E-state index contributed by atoms with van der Waals surface area (Å²) in [5, 5.41) is 29.5. The molecule has 0 aromatic carbocycles. The fourth-order valence-corrected chi connectivity index (χ4v) is 6.62. The Bertz CT molecular complexity index is 722. The highest BCUT2D eigenvalue weighted by Crippen LogP contribution is 2.25. The van der Waals surface area contributed by atoms with Gasteiger partial charge in [-0.15, -0.1) is 0 Å². The second kappa shape index (κ2) is 28.3. The number of unbranched alkanes of at least 4 members (excludes halogenated alkanes) is 17. The van der Waals surface area contributed by atoms with E-state index in [1.54, 1.807) is 0 Å². The lowest BCUT2D eigenvalue weighted by molar-refractivity contribution is -0.935. The van der Waals surface area contributed by atoms with Gasteiger partial charge in [0.2, 0.25) is 0 Å². The smallest absolute Gasteiger partial charge is 0.312 e. The van der Waals surface area contributed by atoms with Gasteiger partial charge >= 0.3 is 17.9 Å². The topological polar surface area (TPSA) is 112 Å². The Balaban J connectivity index is 4.54. The van der Waals surface area contributed by atoms with Gasteiger partial charge in [0.15, 0.2) is 0 Å².